The SMILES string of the molecule is COC1CCN(c2nsnc2Cl)C1. The topological polar surface area (TPSA) is 38.2 Å². The van der Waals surface area contributed by atoms with Crippen LogP contribution in [0.15, 0.2) is 0 Å². The van der Waals surface area contributed by atoms with E-state index in [9.17, 15) is 0 Å². The minimum Gasteiger partial charge on any atom is -0.380 e. The molecule has 1 aliphatic rings. The van der Waals surface area contributed by atoms with Crippen LogP contribution in [0, 0.1) is 0 Å². The van der Waals surface area contributed by atoms with E-state index in [2.05, 4.69) is 13.6 Å². The molecule has 0 N–H and O–H groups in total. The first-order valence-electron chi connectivity index (χ1n) is 4.07. The maximum Gasteiger partial charge on any atom is 0.187 e. The zero-order chi connectivity index (χ0) is 9.26. The summed E-state index contributed by atoms with van der Waals surface area (Å²) in [5.74, 6) is 0.797. The molecule has 2 rings (SSSR count). The van der Waals surface area contributed by atoms with Crippen molar-refractivity contribution >= 4 is 29.1 Å². The van der Waals surface area contributed by atoms with E-state index in [4.69, 9.17) is 16.3 Å². The lowest BCUT2D eigenvalue weighted by Gasteiger charge is -2.14. The Labute approximate surface area is 85.8 Å². The Balaban J connectivity index is 2.08. The summed E-state index contributed by atoms with van der Waals surface area (Å²) in [7, 11) is 1.73. The van der Waals surface area contributed by atoms with Crippen molar-refractivity contribution in [1.82, 2.24) is 8.75 Å². The van der Waals surface area contributed by atoms with Crippen molar-refractivity contribution in [3.05, 3.63) is 5.15 Å². The highest BCUT2D eigenvalue weighted by molar-refractivity contribution is 6.99. The van der Waals surface area contributed by atoms with Crippen LogP contribution in [0.5, 0.6) is 0 Å². The summed E-state index contributed by atoms with van der Waals surface area (Å²) in [5, 5.41) is 0.502. The molecule has 1 aliphatic heterocycles. The second-order valence-corrected chi connectivity index (χ2v) is 3.86. The van der Waals surface area contributed by atoms with Crippen molar-refractivity contribution in [2.75, 3.05) is 25.1 Å². The summed E-state index contributed by atoms with van der Waals surface area (Å²) in [4.78, 5) is 2.11. The minimum atomic E-state index is 0.303. The highest BCUT2D eigenvalue weighted by atomic mass is 35.5. The fourth-order valence-electron chi connectivity index (χ4n) is 1.47. The van der Waals surface area contributed by atoms with E-state index in [-0.39, 0.29) is 0 Å². The zero-order valence-electron chi connectivity index (χ0n) is 7.23. The van der Waals surface area contributed by atoms with E-state index >= 15 is 0 Å². The van der Waals surface area contributed by atoms with Crippen LogP contribution in [0.4, 0.5) is 5.82 Å². The lowest BCUT2D eigenvalue weighted by molar-refractivity contribution is 0.121. The molecule has 0 radical (unpaired) electrons. The van der Waals surface area contributed by atoms with Gasteiger partial charge in [-0.3, -0.25) is 0 Å². The zero-order valence-corrected chi connectivity index (χ0v) is 8.81. The van der Waals surface area contributed by atoms with Gasteiger partial charge in [-0.2, -0.15) is 8.75 Å². The maximum absolute atomic E-state index is 5.87. The molecule has 0 aliphatic carbocycles. The number of nitrogens with zero attached hydrogens (tertiary/aromatic N) is 3. The van der Waals surface area contributed by atoms with Crippen LogP contribution in [0.1, 0.15) is 6.42 Å². The average molecular weight is 220 g/mol. The molecule has 72 valence electrons. The summed E-state index contributed by atoms with van der Waals surface area (Å²) < 4.78 is 13.3. The van der Waals surface area contributed by atoms with Crippen molar-refractivity contribution in [1.29, 1.82) is 0 Å². The highest BCUT2D eigenvalue weighted by Crippen LogP contribution is 2.26. The first-order chi connectivity index (χ1) is 6.31. The van der Waals surface area contributed by atoms with E-state index < -0.39 is 0 Å². The van der Waals surface area contributed by atoms with E-state index in [0.29, 0.717) is 11.3 Å². The molecule has 1 fully saturated rings. The van der Waals surface area contributed by atoms with Gasteiger partial charge in [-0.25, -0.2) is 0 Å². The van der Waals surface area contributed by atoms with Gasteiger partial charge < -0.3 is 9.64 Å². The average Bonchev–Trinajstić information content (AvgIpc) is 2.71. The number of ether oxygens (including phenoxy) is 1. The van der Waals surface area contributed by atoms with Crippen molar-refractivity contribution in [2.24, 2.45) is 0 Å². The molecule has 4 nitrogen and oxygen atoms in total. The van der Waals surface area contributed by atoms with Crippen LogP contribution in [-0.2, 0) is 4.74 Å². The molecule has 2 heterocycles. The summed E-state index contributed by atoms with van der Waals surface area (Å²) in [6, 6.07) is 0. The Morgan fingerprint density at radius 2 is 2.46 bits per heavy atom. The van der Waals surface area contributed by atoms with Crippen LogP contribution in [0.3, 0.4) is 0 Å². The Bertz CT molecular complexity index is 293. The van der Waals surface area contributed by atoms with Gasteiger partial charge in [-0.1, -0.05) is 11.6 Å². The van der Waals surface area contributed by atoms with Crippen LogP contribution < -0.4 is 4.90 Å². The molecule has 0 amide bonds. The summed E-state index contributed by atoms with van der Waals surface area (Å²) >= 11 is 7.01. The number of methoxy groups -OCH3 is 1. The smallest absolute Gasteiger partial charge is 0.187 e. The number of anilines is 1. The third kappa shape index (κ3) is 1.77. The van der Waals surface area contributed by atoms with Gasteiger partial charge in [0, 0.05) is 20.2 Å². The summed E-state index contributed by atoms with van der Waals surface area (Å²) in [5.41, 5.74) is 0. The van der Waals surface area contributed by atoms with Crippen LogP contribution >= 0.6 is 23.3 Å². The van der Waals surface area contributed by atoms with Gasteiger partial charge in [0.25, 0.3) is 0 Å². The van der Waals surface area contributed by atoms with Gasteiger partial charge in [-0.15, -0.1) is 0 Å². The third-order valence-electron chi connectivity index (χ3n) is 2.21. The summed E-state index contributed by atoms with van der Waals surface area (Å²) in [6.45, 7) is 1.81. The van der Waals surface area contributed by atoms with E-state index in [1.807, 2.05) is 0 Å². The highest BCUT2D eigenvalue weighted by Gasteiger charge is 2.25. The largest absolute Gasteiger partial charge is 0.380 e. The van der Waals surface area contributed by atoms with Crippen molar-refractivity contribution in [2.45, 2.75) is 12.5 Å². The van der Waals surface area contributed by atoms with Crippen LogP contribution in [0.2, 0.25) is 5.15 Å². The van der Waals surface area contributed by atoms with Gasteiger partial charge in [0.15, 0.2) is 11.0 Å². The molecule has 1 aromatic rings. The van der Waals surface area contributed by atoms with Gasteiger partial charge in [0.1, 0.15) is 0 Å². The monoisotopic (exact) mass is 219 g/mol. The van der Waals surface area contributed by atoms with E-state index in [1.54, 1.807) is 7.11 Å². The number of rotatable bonds is 2. The molecule has 13 heavy (non-hydrogen) atoms. The molecule has 1 aromatic heterocycles. The molecule has 0 spiro atoms. The first-order valence-corrected chi connectivity index (χ1v) is 5.18. The fourth-order valence-corrected chi connectivity index (χ4v) is 2.25. The fraction of sp³-hybridized carbons (Fsp3) is 0.714. The lowest BCUT2D eigenvalue weighted by Crippen LogP contribution is -2.22. The number of aromatic nitrogens is 2. The Morgan fingerprint density at radius 1 is 1.62 bits per heavy atom. The van der Waals surface area contributed by atoms with Gasteiger partial charge in [0.05, 0.1) is 17.8 Å². The minimum absolute atomic E-state index is 0.303. The van der Waals surface area contributed by atoms with Crippen LogP contribution in [-0.4, -0.2) is 35.1 Å². The predicted molar refractivity (Wildman–Crippen MR) is 52.5 cm³/mol. The van der Waals surface area contributed by atoms with E-state index in [0.717, 1.165) is 37.1 Å². The molecule has 1 atom stereocenters. The van der Waals surface area contributed by atoms with Crippen molar-refractivity contribution < 1.29 is 4.74 Å². The Hall–Kier alpha value is -0.390. The third-order valence-corrected chi connectivity index (χ3v) is 3.08. The second kappa shape index (κ2) is 3.77. The molecule has 0 aromatic carbocycles. The molecular formula is C7H10ClN3OS. The number of hydrogen-bond acceptors (Lipinski definition) is 5. The quantitative estimate of drug-likeness (QED) is 0.754. The van der Waals surface area contributed by atoms with Gasteiger partial charge in [-0.05, 0) is 6.42 Å². The molecule has 0 bridgehead atoms. The molecule has 6 heteroatoms. The Kier molecular flexibility index (Phi) is 2.66. The Morgan fingerprint density at radius 3 is 3.00 bits per heavy atom. The molecular weight excluding hydrogens is 210 g/mol. The maximum atomic E-state index is 5.87. The molecule has 1 saturated heterocycles. The first kappa shape index (κ1) is 9.18. The number of hydrogen-bond donors (Lipinski definition) is 0. The summed E-state index contributed by atoms with van der Waals surface area (Å²) in [6.07, 6.45) is 1.34. The number of halogens is 1. The lowest BCUT2D eigenvalue weighted by atomic mass is 10.3. The van der Waals surface area contributed by atoms with Gasteiger partial charge in [0.2, 0.25) is 0 Å². The molecule has 1 unspecified atom stereocenters. The van der Waals surface area contributed by atoms with Crippen LogP contribution in [0.25, 0.3) is 0 Å². The predicted octanol–water partition coefficient (Wildman–Crippen LogP) is 1.42. The van der Waals surface area contributed by atoms with Gasteiger partial charge >= 0.3 is 0 Å². The van der Waals surface area contributed by atoms with Crippen molar-refractivity contribution in [3.63, 3.8) is 0 Å². The normalized spacial score (nSPS) is 22.6. The van der Waals surface area contributed by atoms with Crippen molar-refractivity contribution in [3.8, 4) is 0 Å². The molecule has 0 saturated carbocycles. The van der Waals surface area contributed by atoms with E-state index in [1.165, 1.54) is 0 Å². The second-order valence-electron chi connectivity index (χ2n) is 2.97. The standard InChI is InChI=1S/C7H10ClN3OS/c1-12-5-2-3-11(4-5)7-6(8)9-13-10-7/h5H,2-4H2,1H3.